The summed E-state index contributed by atoms with van der Waals surface area (Å²) in [5.74, 6) is 0.0616. The van der Waals surface area contributed by atoms with Gasteiger partial charge in [-0.2, -0.15) is 13.2 Å². The molecule has 5 nitrogen and oxygen atoms in total. The highest BCUT2D eigenvalue weighted by atomic mass is 19.4. The van der Waals surface area contributed by atoms with E-state index < -0.39 is 17.6 Å². The van der Waals surface area contributed by atoms with Gasteiger partial charge in [-0.1, -0.05) is 6.92 Å². The molecule has 0 radical (unpaired) electrons. The maximum Gasteiger partial charge on any atom is 0.419 e. The van der Waals surface area contributed by atoms with Crippen molar-refractivity contribution >= 4 is 0 Å². The van der Waals surface area contributed by atoms with E-state index >= 15 is 0 Å². The average molecular weight is 455 g/mol. The lowest BCUT2D eigenvalue weighted by molar-refractivity contribution is -0.163. The first-order valence-corrected chi connectivity index (χ1v) is 11.2. The molecule has 2 saturated heterocycles. The zero-order valence-electron chi connectivity index (χ0n) is 18.1. The molecule has 3 atom stereocenters. The van der Waals surface area contributed by atoms with Gasteiger partial charge in [0.25, 0.3) is 0 Å². The molecule has 0 spiro atoms. The Labute approximate surface area is 185 Å². The molecule has 1 aromatic carbocycles. The Kier molecular flexibility index (Phi) is 7.17. The van der Waals surface area contributed by atoms with Crippen LogP contribution in [0.4, 0.5) is 17.6 Å². The fourth-order valence-corrected chi connectivity index (χ4v) is 4.47. The van der Waals surface area contributed by atoms with Gasteiger partial charge in [-0.25, -0.2) is 9.37 Å². The summed E-state index contributed by atoms with van der Waals surface area (Å²) in [6.45, 7) is 5.49. The number of nitrogens with one attached hydrogen (secondary N) is 1. The molecule has 0 saturated carbocycles. The number of imidazole rings is 1. The summed E-state index contributed by atoms with van der Waals surface area (Å²) in [5, 5.41) is 3.36. The zero-order valence-corrected chi connectivity index (χ0v) is 18.1. The van der Waals surface area contributed by atoms with Crippen LogP contribution >= 0.6 is 0 Å². The molecule has 2 aliphatic rings. The number of hydrogen-bond acceptors (Lipinski definition) is 4. The van der Waals surface area contributed by atoms with E-state index in [-0.39, 0.29) is 17.8 Å². The van der Waals surface area contributed by atoms with E-state index in [4.69, 9.17) is 14.5 Å². The summed E-state index contributed by atoms with van der Waals surface area (Å²) < 4.78 is 66.9. The molecule has 176 valence electrons. The van der Waals surface area contributed by atoms with Crippen molar-refractivity contribution < 1.29 is 27.0 Å². The second-order valence-electron chi connectivity index (χ2n) is 8.61. The molecule has 3 heterocycles. The first-order valence-electron chi connectivity index (χ1n) is 11.2. The van der Waals surface area contributed by atoms with E-state index in [1.54, 1.807) is 6.20 Å². The minimum Gasteiger partial charge on any atom is -0.353 e. The van der Waals surface area contributed by atoms with Gasteiger partial charge in [0, 0.05) is 30.8 Å². The fourth-order valence-electron chi connectivity index (χ4n) is 4.47. The molecular formula is C23H29F4N3O2. The average Bonchev–Trinajstić information content (AvgIpc) is 3.18. The quantitative estimate of drug-likeness (QED) is 0.626. The molecular weight excluding hydrogens is 426 g/mol. The number of hydrogen-bond donors (Lipinski definition) is 1. The van der Waals surface area contributed by atoms with Crippen molar-refractivity contribution in [3.05, 3.63) is 41.6 Å². The monoisotopic (exact) mass is 455 g/mol. The predicted molar refractivity (Wildman–Crippen MR) is 112 cm³/mol. The molecule has 32 heavy (non-hydrogen) atoms. The van der Waals surface area contributed by atoms with Crippen LogP contribution in [0.15, 0.2) is 24.4 Å². The third kappa shape index (κ3) is 5.32. The van der Waals surface area contributed by atoms with Crippen molar-refractivity contribution in [1.82, 2.24) is 14.9 Å². The van der Waals surface area contributed by atoms with Gasteiger partial charge in [0.1, 0.15) is 11.6 Å². The molecule has 1 N–H and O–H groups in total. The lowest BCUT2D eigenvalue weighted by Gasteiger charge is -2.29. The number of alkyl halides is 3. The van der Waals surface area contributed by atoms with Crippen LogP contribution in [0.2, 0.25) is 0 Å². The normalized spacial score (nSPS) is 24.6. The summed E-state index contributed by atoms with van der Waals surface area (Å²) >= 11 is 0. The SMILES string of the molecule is CC1CNCCC1c1nc(-c2ccc(F)c(C(F)(F)F)c2)cn1CCOC1CCCCO1. The number of rotatable bonds is 6. The zero-order chi connectivity index (χ0) is 22.7. The van der Waals surface area contributed by atoms with E-state index in [2.05, 4.69) is 12.2 Å². The van der Waals surface area contributed by atoms with Gasteiger partial charge in [0.2, 0.25) is 0 Å². The van der Waals surface area contributed by atoms with Crippen LogP contribution < -0.4 is 5.32 Å². The molecule has 0 bridgehead atoms. The number of piperidine rings is 1. The molecule has 0 aliphatic carbocycles. The summed E-state index contributed by atoms with van der Waals surface area (Å²) in [7, 11) is 0. The van der Waals surface area contributed by atoms with Crippen molar-refractivity contribution in [3.63, 3.8) is 0 Å². The van der Waals surface area contributed by atoms with Gasteiger partial charge in [-0.3, -0.25) is 0 Å². The Morgan fingerprint density at radius 3 is 2.81 bits per heavy atom. The summed E-state index contributed by atoms with van der Waals surface area (Å²) in [5.41, 5.74) is -0.624. The highest BCUT2D eigenvalue weighted by molar-refractivity contribution is 5.60. The van der Waals surface area contributed by atoms with Crippen LogP contribution in [0, 0.1) is 11.7 Å². The fraction of sp³-hybridized carbons (Fsp3) is 0.609. The Bertz CT molecular complexity index is 909. The Morgan fingerprint density at radius 1 is 1.25 bits per heavy atom. The maximum atomic E-state index is 13.8. The minimum atomic E-state index is -4.76. The minimum absolute atomic E-state index is 0.179. The molecule has 0 amide bonds. The van der Waals surface area contributed by atoms with E-state index in [1.165, 1.54) is 6.07 Å². The Hall–Kier alpha value is -1.97. The van der Waals surface area contributed by atoms with Crippen molar-refractivity contribution in [3.8, 4) is 11.3 Å². The van der Waals surface area contributed by atoms with Crippen LogP contribution in [0.25, 0.3) is 11.3 Å². The summed E-state index contributed by atoms with van der Waals surface area (Å²) in [4.78, 5) is 4.73. The number of aromatic nitrogens is 2. The van der Waals surface area contributed by atoms with Crippen molar-refractivity contribution in [2.45, 2.75) is 57.5 Å². The maximum absolute atomic E-state index is 13.8. The second kappa shape index (κ2) is 9.89. The Morgan fingerprint density at radius 2 is 2.09 bits per heavy atom. The van der Waals surface area contributed by atoms with E-state index in [9.17, 15) is 17.6 Å². The third-order valence-corrected chi connectivity index (χ3v) is 6.27. The standard InChI is InChI=1S/C23H29F4N3O2/c1-15-13-28-8-7-17(15)22-29-20(16-5-6-19(24)18(12-16)23(25,26)27)14-30(22)9-11-32-21-4-2-3-10-31-21/h5-6,12,14-15,17,21,28H,2-4,7-11,13H2,1H3. The second-order valence-corrected chi connectivity index (χ2v) is 8.61. The van der Waals surface area contributed by atoms with Gasteiger partial charge < -0.3 is 19.4 Å². The topological polar surface area (TPSA) is 48.3 Å². The number of nitrogens with zero attached hydrogens (tertiary/aromatic N) is 2. The van der Waals surface area contributed by atoms with Gasteiger partial charge >= 0.3 is 6.18 Å². The largest absolute Gasteiger partial charge is 0.419 e. The number of halogens is 4. The van der Waals surface area contributed by atoms with Crippen molar-refractivity contribution in [2.75, 3.05) is 26.3 Å². The first-order chi connectivity index (χ1) is 15.3. The third-order valence-electron chi connectivity index (χ3n) is 6.27. The summed E-state index contributed by atoms with van der Waals surface area (Å²) in [6.07, 6.45) is 0.652. The molecule has 3 unspecified atom stereocenters. The molecule has 4 rings (SSSR count). The van der Waals surface area contributed by atoms with Gasteiger partial charge in [0.15, 0.2) is 6.29 Å². The molecule has 9 heteroatoms. The summed E-state index contributed by atoms with van der Waals surface area (Å²) in [6, 6.07) is 3.04. The molecule has 1 aromatic heterocycles. The van der Waals surface area contributed by atoms with Gasteiger partial charge in [-0.15, -0.1) is 0 Å². The van der Waals surface area contributed by atoms with Crippen LogP contribution in [0.3, 0.4) is 0 Å². The molecule has 2 aromatic rings. The van der Waals surface area contributed by atoms with E-state index in [0.717, 1.165) is 56.7 Å². The Balaban J connectivity index is 1.60. The van der Waals surface area contributed by atoms with Crippen molar-refractivity contribution in [2.24, 2.45) is 5.92 Å². The van der Waals surface area contributed by atoms with Crippen LogP contribution in [-0.2, 0) is 22.2 Å². The van der Waals surface area contributed by atoms with Crippen molar-refractivity contribution in [1.29, 1.82) is 0 Å². The highest BCUT2D eigenvalue weighted by Gasteiger charge is 2.35. The lowest BCUT2D eigenvalue weighted by atomic mass is 9.87. The predicted octanol–water partition coefficient (Wildman–Crippen LogP) is 4.96. The number of benzene rings is 1. The van der Waals surface area contributed by atoms with Gasteiger partial charge in [-0.05, 0) is 62.9 Å². The van der Waals surface area contributed by atoms with Crippen LogP contribution in [0.1, 0.15) is 49.9 Å². The molecule has 2 fully saturated rings. The molecule has 2 aliphatic heterocycles. The van der Waals surface area contributed by atoms with Gasteiger partial charge in [0.05, 0.1) is 17.9 Å². The van der Waals surface area contributed by atoms with Crippen LogP contribution in [-0.4, -0.2) is 42.1 Å². The van der Waals surface area contributed by atoms with E-state index in [1.807, 2.05) is 4.57 Å². The highest BCUT2D eigenvalue weighted by Crippen LogP contribution is 2.36. The lowest BCUT2D eigenvalue weighted by Crippen LogP contribution is -2.35. The van der Waals surface area contributed by atoms with Crippen LogP contribution in [0.5, 0.6) is 0 Å². The number of ether oxygens (including phenoxy) is 2. The first kappa shape index (κ1) is 23.2. The van der Waals surface area contributed by atoms with E-state index in [0.29, 0.717) is 31.4 Å². The smallest absolute Gasteiger partial charge is 0.353 e.